The highest BCUT2D eigenvalue weighted by Gasteiger charge is 2.13. The largest absolute Gasteiger partial charge is 0.301 e. The van der Waals surface area contributed by atoms with E-state index < -0.39 is 0 Å². The molecule has 1 amide bonds. The van der Waals surface area contributed by atoms with Crippen LogP contribution in [0.15, 0.2) is 4.34 Å². The van der Waals surface area contributed by atoms with E-state index in [1.165, 1.54) is 88.4 Å². The van der Waals surface area contributed by atoms with E-state index in [9.17, 15) is 4.79 Å². The Kier molecular flexibility index (Phi) is 17.4. The standard InChI is InChI=1S/C24H45N3OS2/c1-4-7-10-12-13-16-18-21(17-15-11-8-5-2)20-29-24-27-26-23(30-24)25-22(28)19-14-9-6-3/h21H,4-20H2,1-3H3,(H,25,26,28). The quantitative estimate of drug-likeness (QED) is 0.122. The summed E-state index contributed by atoms with van der Waals surface area (Å²) in [6.07, 6.45) is 20.0. The van der Waals surface area contributed by atoms with Crippen LogP contribution in [0, 0.1) is 5.92 Å². The van der Waals surface area contributed by atoms with E-state index in [0.717, 1.165) is 35.3 Å². The molecule has 1 N–H and O–H groups in total. The van der Waals surface area contributed by atoms with Crippen LogP contribution in [-0.2, 0) is 4.79 Å². The topological polar surface area (TPSA) is 54.9 Å². The third-order valence-corrected chi connectivity index (χ3v) is 7.74. The van der Waals surface area contributed by atoms with Gasteiger partial charge in [0.1, 0.15) is 0 Å². The number of unbranched alkanes of at least 4 members (excludes halogenated alkanes) is 10. The first-order chi connectivity index (χ1) is 14.7. The molecule has 0 saturated carbocycles. The maximum absolute atomic E-state index is 12.0. The Morgan fingerprint density at radius 1 is 0.833 bits per heavy atom. The Labute approximate surface area is 193 Å². The lowest BCUT2D eigenvalue weighted by Crippen LogP contribution is -2.10. The van der Waals surface area contributed by atoms with Crippen molar-refractivity contribution in [1.29, 1.82) is 0 Å². The second-order valence-corrected chi connectivity index (χ2v) is 10.7. The Morgan fingerprint density at radius 2 is 1.40 bits per heavy atom. The van der Waals surface area contributed by atoms with E-state index in [-0.39, 0.29) is 5.91 Å². The van der Waals surface area contributed by atoms with Gasteiger partial charge in [0.15, 0.2) is 4.34 Å². The van der Waals surface area contributed by atoms with Gasteiger partial charge in [0.05, 0.1) is 0 Å². The number of nitrogens with zero attached hydrogens (tertiary/aromatic N) is 2. The summed E-state index contributed by atoms with van der Waals surface area (Å²) in [6.45, 7) is 6.70. The molecule has 174 valence electrons. The molecule has 0 aliphatic rings. The van der Waals surface area contributed by atoms with E-state index in [2.05, 4.69) is 36.3 Å². The minimum atomic E-state index is 0.0630. The number of aromatic nitrogens is 2. The predicted octanol–water partition coefficient (Wildman–Crippen LogP) is 8.49. The zero-order valence-electron chi connectivity index (χ0n) is 19.7. The third kappa shape index (κ3) is 14.4. The van der Waals surface area contributed by atoms with Gasteiger partial charge in [-0.2, -0.15) is 0 Å². The number of thioether (sulfide) groups is 1. The van der Waals surface area contributed by atoms with Crippen LogP contribution in [0.25, 0.3) is 0 Å². The fourth-order valence-electron chi connectivity index (χ4n) is 3.61. The molecule has 1 atom stereocenters. The lowest BCUT2D eigenvalue weighted by Gasteiger charge is -2.15. The van der Waals surface area contributed by atoms with E-state index in [1.54, 1.807) is 0 Å². The molecule has 0 saturated heterocycles. The fraction of sp³-hybridized carbons (Fsp3) is 0.875. The van der Waals surface area contributed by atoms with Gasteiger partial charge in [-0.1, -0.05) is 121 Å². The highest BCUT2D eigenvalue weighted by atomic mass is 32.2. The summed E-state index contributed by atoms with van der Waals surface area (Å²) < 4.78 is 0.986. The molecule has 4 nitrogen and oxygen atoms in total. The normalized spacial score (nSPS) is 12.2. The molecule has 30 heavy (non-hydrogen) atoms. The average Bonchev–Trinajstić information content (AvgIpc) is 3.18. The van der Waals surface area contributed by atoms with Crippen molar-refractivity contribution in [3.05, 3.63) is 0 Å². The van der Waals surface area contributed by atoms with Crippen LogP contribution in [0.5, 0.6) is 0 Å². The summed E-state index contributed by atoms with van der Waals surface area (Å²) >= 11 is 3.35. The van der Waals surface area contributed by atoms with Crippen molar-refractivity contribution in [1.82, 2.24) is 10.2 Å². The van der Waals surface area contributed by atoms with Crippen LogP contribution >= 0.6 is 23.1 Å². The number of nitrogens with one attached hydrogen (secondary N) is 1. The number of amides is 1. The van der Waals surface area contributed by atoms with Gasteiger partial charge in [0.2, 0.25) is 11.0 Å². The van der Waals surface area contributed by atoms with Crippen molar-refractivity contribution in [2.24, 2.45) is 5.92 Å². The zero-order chi connectivity index (χ0) is 21.9. The molecule has 0 aromatic carbocycles. The predicted molar refractivity (Wildman–Crippen MR) is 134 cm³/mol. The second-order valence-electron chi connectivity index (χ2n) is 8.46. The summed E-state index contributed by atoms with van der Waals surface area (Å²) in [4.78, 5) is 12.0. The van der Waals surface area contributed by atoms with Crippen molar-refractivity contribution in [3.8, 4) is 0 Å². The smallest absolute Gasteiger partial charge is 0.226 e. The van der Waals surface area contributed by atoms with Gasteiger partial charge in [0, 0.05) is 12.2 Å². The number of hydrogen-bond donors (Lipinski definition) is 1. The first kappa shape index (κ1) is 27.4. The highest BCUT2D eigenvalue weighted by molar-refractivity contribution is 8.01. The molecule has 0 fully saturated rings. The number of anilines is 1. The third-order valence-electron chi connectivity index (χ3n) is 5.53. The summed E-state index contributed by atoms with van der Waals surface area (Å²) in [5, 5.41) is 12.0. The molecular weight excluding hydrogens is 410 g/mol. The minimum absolute atomic E-state index is 0.0630. The average molecular weight is 456 g/mol. The van der Waals surface area contributed by atoms with Gasteiger partial charge in [-0.3, -0.25) is 4.79 Å². The number of carbonyl (C=O) groups is 1. The maximum atomic E-state index is 12.0. The summed E-state index contributed by atoms with van der Waals surface area (Å²) in [5.41, 5.74) is 0. The lowest BCUT2D eigenvalue weighted by molar-refractivity contribution is -0.116. The van der Waals surface area contributed by atoms with E-state index in [0.29, 0.717) is 11.6 Å². The fourth-order valence-corrected chi connectivity index (χ4v) is 5.59. The van der Waals surface area contributed by atoms with Gasteiger partial charge in [-0.25, -0.2) is 0 Å². The molecular formula is C24H45N3OS2. The van der Waals surface area contributed by atoms with Crippen LogP contribution in [0.1, 0.15) is 124 Å². The van der Waals surface area contributed by atoms with E-state index in [1.807, 2.05) is 11.8 Å². The first-order valence-corrected chi connectivity index (χ1v) is 14.3. The van der Waals surface area contributed by atoms with Gasteiger partial charge in [-0.05, 0) is 25.2 Å². The Balaban J connectivity index is 2.36. The number of carbonyl (C=O) groups excluding carboxylic acids is 1. The van der Waals surface area contributed by atoms with Crippen LogP contribution in [0.4, 0.5) is 5.13 Å². The molecule has 0 aliphatic carbocycles. The highest BCUT2D eigenvalue weighted by Crippen LogP contribution is 2.30. The summed E-state index contributed by atoms with van der Waals surface area (Å²) in [6, 6.07) is 0. The van der Waals surface area contributed by atoms with Crippen molar-refractivity contribution >= 4 is 34.1 Å². The molecule has 1 heterocycles. The van der Waals surface area contributed by atoms with Crippen molar-refractivity contribution in [2.75, 3.05) is 11.1 Å². The van der Waals surface area contributed by atoms with Crippen LogP contribution in [0.2, 0.25) is 0 Å². The van der Waals surface area contributed by atoms with Gasteiger partial charge >= 0.3 is 0 Å². The summed E-state index contributed by atoms with van der Waals surface area (Å²) in [7, 11) is 0. The van der Waals surface area contributed by atoms with Crippen molar-refractivity contribution < 1.29 is 4.79 Å². The lowest BCUT2D eigenvalue weighted by atomic mass is 9.96. The van der Waals surface area contributed by atoms with E-state index in [4.69, 9.17) is 0 Å². The van der Waals surface area contributed by atoms with Crippen LogP contribution in [-0.4, -0.2) is 21.9 Å². The molecule has 1 aromatic heterocycles. The molecule has 0 radical (unpaired) electrons. The Hall–Kier alpha value is -0.620. The molecule has 1 unspecified atom stereocenters. The number of hydrogen-bond acceptors (Lipinski definition) is 5. The van der Waals surface area contributed by atoms with Gasteiger partial charge in [-0.15, -0.1) is 10.2 Å². The van der Waals surface area contributed by atoms with Crippen molar-refractivity contribution in [3.63, 3.8) is 0 Å². The Morgan fingerprint density at radius 3 is 2.07 bits per heavy atom. The first-order valence-electron chi connectivity index (χ1n) is 12.5. The second kappa shape index (κ2) is 19.1. The molecule has 1 rings (SSSR count). The SMILES string of the molecule is CCCCCCCCC(CCCCCC)CSc1nnc(NC(=O)CCCCC)s1. The van der Waals surface area contributed by atoms with Gasteiger partial charge in [0.25, 0.3) is 0 Å². The van der Waals surface area contributed by atoms with Gasteiger partial charge < -0.3 is 5.32 Å². The zero-order valence-corrected chi connectivity index (χ0v) is 21.4. The van der Waals surface area contributed by atoms with E-state index >= 15 is 0 Å². The molecule has 0 bridgehead atoms. The monoisotopic (exact) mass is 455 g/mol. The minimum Gasteiger partial charge on any atom is -0.301 e. The molecule has 1 aromatic rings. The molecule has 6 heteroatoms. The Bertz CT molecular complexity index is 536. The molecule has 0 aliphatic heterocycles. The summed E-state index contributed by atoms with van der Waals surface area (Å²) in [5.74, 6) is 1.96. The molecule has 0 spiro atoms. The van der Waals surface area contributed by atoms with Crippen LogP contribution < -0.4 is 5.32 Å². The van der Waals surface area contributed by atoms with Crippen molar-refractivity contribution in [2.45, 2.75) is 128 Å². The maximum Gasteiger partial charge on any atom is 0.226 e. The van der Waals surface area contributed by atoms with Crippen LogP contribution in [0.3, 0.4) is 0 Å². The number of rotatable bonds is 20.